The second kappa shape index (κ2) is 6.11. The molecule has 0 aliphatic carbocycles. The fourth-order valence-corrected chi connectivity index (χ4v) is 2.41. The van der Waals surface area contributed by atoms with Crippen molar-refractivity contribution in [2.75, 3.05) is 0 Å². The Hall–Kier alpha value is -2.05. The van der Waals surface area contributed by atoms with Gasteiger partial charge in [-0.05, 0) is 51.5 Å². The number of nitrogens with zero attached hydrogens (tertiary/aromatic N) is 2. The van der Waals surface area contributed by atoms with E-state index in [1.54, 1.807) is 24.8 Å². The van der Waals surface area contributed by atoms with Gasteiger partial charge in [-0.15, -0.1) is 0 Å². The van der Waals surface area contributed by atoms with E-state index in [4.69, 9.17) is 9.31 Å². The number of hydrogen-bond donors (Lipinski definition) is 0. The average Bonchev–Trinajstić information content (AvgIpc) is 2.77. The van der Waals surface area contributed by atoms with Crippen LogP contribution in [0.2, 0.25) is 0 Å². The van der Waals surface area contributed by atoms with Gasteiger partial charge in [-0.2, -0.15) is 0 Å². The molecule has 24 heavy (non-hydrogen) atoms. The highest BCUT2D eigenvalue weighted by atomic mass is 19.1. The highest BCUT2D eigenvalue weighted by molar-refractivity contribution is 6.54. The molecule has 2 aromatic heterocycles. The van der Waals surface area contributed by atoms with Gasteiger partial charge >= 0.3 is 7.12 Å². The standard InChI is InChI=1S/C18H20BFN2O2/c1-17(2)18(3,4)24-19(23-17)16(20)9-13-8-15(12-22-10-13)14-6-5-7-21-11-14/h5-12H,1-4H3. The molecule has 2 aromatic rings. The van der Waals surface area contributed by atoms with E-state index in [0.29, 0.717) is 5.56 Å². The van der Waals surface area contributed by atoms with Crippen LogP contribution in [0, 0.1) is 0 Å². The maximum Gasteiger partial charge on any atom is 0.525 e. The zero-order chi connectivity index (χ0) is 17.4. The van der Waals surface area contributed by atoms with Gasteiger partial charge in [0.2, 0.25) is 0 Å². The van der Waals surface area contributed by atoms with Gasteiger partial charge in [0.1, 0.15) is 5.73 Å². The number of halogens is 1. The lowest BCUT2D eigenvalue weighted by atomic mass is 9.87. The molecule has 0 atom stereocenters. The van der Waals surface area contributed by atoms with Crippen LogP contribution in [-0.2, 0) is 9.31 Å². The summed E-state index contributed by atoms with van der Waals surface area (Å²) in [6.07, 6.45) is 8.18. The van der Waals surface area contributed by atoms with E-state index < -0.39 is 24.0 Å². The van der Waals surface area contributed by atoms with Gasteiger partial charge in [0.15, 0.2) is 0 Å². The number of rotatable bonds is 3. The Morgan fingerprint density at radius 3 is 2.33 bits per heavy atom. The van der Waals surface area contributed by atoms with Crippen molar-refractivity contribution in [3.63, 3.8) is 0 Å². The Balaban J connectivity index is 1.84. The van der Waals surface area contributed by atoms with E-state index in [0.717, 1.165) is 11.1 Å². The van der Waals surface area contributed by atoms with Crippen molar-refractivity contribution >= 4 is 13.2 Å². The van der Waals surface area contributed by atoms with Crippen LogP contribution in [0.5, 0.6) is 0 Å². The summed E-state index contributed by atoms with van der Waals surface area (Å²) in [6.45, 7) is 7.57. The first kappa shape index (κ1) is 16.8. The lowest BCUT2D eigenvalue weighted by Gasteiger charge is -2.32. The summed E-state index contributed by atoms with van der Waals surface area (Å²) in [5, 5.41) is 0. The third-order valence-corrected chi connectivity index (χ3v) is 4.54. The molecule has 1 aliphatic heterocycles. The molecule has 1 aliphatic rings. The summed E-state index contributed by atoms with van der Waals surface area (Å²) in [5.74, 6) is 0. The third kappa shape index (κ3) is 3.25. The molecule has 1 saturated heterocycles. The second-order valence-corrected chi connectivity index (χ2v) is 6.87. The van der Waals surface area contributed by atoms with Crippen LogP contribution in [0.25, 0.3) is 17.2 Å². The third-order valence-electron chi connectivity index (χ3n) is 4.54. The zero-order valence-electron chi connectivity index (χ0n) is 14.3. The Labute approximate surface area is 141 Å². The molecule has 4 nitrogen and oxygen atoms in total. The van der Waals surface area contributed by atoms with Crippen molar-refractivity contribution in [3.05, 3.63) is 54.3 Å². The van der Waals surface area contributed by atoms with Crippen LogP contribution < -0.4 is 0 Å². The summed E-state index contributed by atoms with van der Waals surface area (Å²) in [5.41, 5.74) is 0.828. The highest BCUT2D eigenvalue weighted by Crippen LogP contribution is 2.39. The van der Waals surface area contributed by atoms with Crippen molar-refractivity contribution < 1.29 is 13.7 Å². The van der Waals surface area contributed by atoms with Crippen LogP contribution in [0.4, 0.5) is 4.39 Å². The SMILES string of the molecule is CC1(C)OB(C(F)=Cc2cncc(-c3cccnc3)c2)OC1(C)C. The summed E-state index contributed by atoms with van der Waals surface area (Å²) in [7, 11) is -1.00. The quantitative estimate of drug-likeness (QED) is 0.797. The molecule has 1 fully saturated rings. The van der Waals surface area contributed by atoms with Gasteiger partial charge in [-0.1, -0.05) is 6.07 Å². The number of aromatic nitrogens is 2. The second-order valence-electron chi connectivity index (χ2n) is 6.87. The Morgan fingerprint density at radius 2 is 1.71 bits per heavy atom. The van der Waals surface area contributed by atoms with E-state index in [2.05, 4.69) is 9.97 Å². The van der Waals surface area contributed by atoms with Crippen LogP contribution >= 0.6 is 0 Å². The molecule has 124 valence electrons. The highest BCUT2D eigenvalue weighted by Gasteiger charge is 2.53. The predicted octanol–water partition coefficient (Wildman–Crippen LogP) is 4.09. The van der Waals surface area contributed by atoms with Crippen LogP contribution in [0.3, 0.4) is 0 Å². The van der Waals surface area contributed by atoms with E-state index in [-0.39, 0.29) is 0 Å². The molecule has 6 heteroatoms. The van der Waals surface area contributed by atoms with Gasteiger partial charge in [0, 0.05) is 35.9 Å². The van der Waals surface area contributed by atoms with Gasteiger partial charge in [-0.25, -0.2) is 4.39 Å². The van der Waals surface area contributed by atoms with Crippen molar-refractivity contribution in [1.29, 1.82) is 0 Å². The van der Waals surface area contributed by atoms with Crippen molar-refractivity contribution in [2.45, 2.75) is 38.9 Å². The molecule has 0 spiro atoms. The molecule has 0 radical (unpaired) electrons. The van der Waals surface area contributed by atoms with E-state index in [1.165, 1.54) is 6.08 Å². The first-order valence-corrected chi connectivity index (χ1v) is 7.87. The summed E-state index contributed by atoms with van der Waals surface area (Å²) < 4.78 is 26.0. The van der Waals surface area contributed by atoms with Crippen LogP contribution in [0.1, 0.15) is 33.3 Å². The van der Waals surface area contributed by atoms with Crippen LogP contribution in [-0.4, -0.2) is 28.3 Å². The van der Waals surface area contributed by atoms with E-state index in [9.17, 15) is 4.39 Å². The molecule has 0 bridgehead atoms. The minimum Gasteiger partial charge on any atom is -0.398 e. The molecule has 0 N–H and O–H groups in total. The normalized spacial score (nSPS) is 19.5. The molecule has 0 unspecified atom stereocenters. The van der Waals surface area contributed by atoms with Gasteiger partial charge in [-0.3, -0.25) is 9.97 Å². The zero-order valence-corrected chi connectivity index (χ0v) is 14.3. The van der Waals surface area contributed by atoms with Crippen LogP contribution in [0.15, 0.2) is 48.7 Å². The van der Waals surface area contributed by atoms with Crippen molar-refractivity contribution in [2.24, 2.45) is 0 Å². The average molecular weight is 326 g/mol. The lowest BCUT2D eigenvalue weighted by molar-refractivity contribution is 0.00578. The van der Waals surface area contributed by atoms with Gasteiger partial charge in [0.25, 0.3) is 0 Å². The largest absolute Gasteiger partial charge is 0.525 e. The molecular weight excluding hydrogens is 306 g/mol. The summed E-state index contributed by atoms with van der Waals surface area (Å²) in [4.78, 5) is 8.27. The van der Waals surface area contributed by atoms with Gasteiger partial charge < -0.3 is 9.31 Å². The monoisotopic (exact) mass is 326 g/mol. The smallest absolute Gasteiger partial charge is 0.398 e. The maximum atomic E-state index is 14.6. The van der Waals surface area contributed by atoms with Crippen molar-refractivity contribution in [3.8, 4) is 11.1 Å². The minimum atomic E-state index is -1.00. The first-order valence-electron chi connectivity index (χ1n) is 7.87. The summed E-state index contributed by atoms with van der Waals surface area (Å²) in [6, 6.07) is 5.64. The Kier molecular flexibility index (Phi) is 4.28. The Morgan fingerprint density at radius 1 is 1.04 bits per heavy atom. The fourth-order valence-electron chi connectivity index (χ4n) is 2.41. The molecule has 0 saturated carbocycles. The number of hydrogen-bond acceptors (Lipinski definition) is 4. The topological polar surface area (TPSA) is 44.2 Å². The fraction of sp³-hybridized carbons (Fsp3) is 0.333. The lowest BCUT2D eigenvalue weighted by Crippen LogP contribution is -2.41. The maximum absolute atomic E-state index is 14.6. The first-order chi connectivity index (χ1) is 11.3. The van der Waals surface area contributed by atoms with Gasteiger partial charge in [0.05, 0.1) is 11.2 Å². The van der Waals surface area contributed by atoms with E-state index >= 15 is 0 Å². The number of pyridine rings is 2. The molecule has 3 heterocycles. The molecule has 0 amide bonds. The molecule has 3 rings (SSSR count). The minimum absolute atomic E-state index is 0.473. The Bertz CT molecular complexity index is 747. The van der Waals surface area contributed by atoms with Crippen molar-refractivity contribution in [1.82, 2.24) is 9.97 Å². The van der Waals surface area contributed by atoms with E-state index in [1.807, 2.05) is 45.9 Å². The predicted molar refractivity (Wildman–Crippen MR) is 92.6 cm³/mol. The molecular formula is C18H20BFN2O2. The molecule has 0 aromatic carbocycles. The summed E-state index contributed by atoms with van der Waals surface area (Å²) >= 11 is 0.